The van der Waals surface area contributed by atoms with Crippen LogP contribution in [-0.2, 0) is 4.74 Å². The van der Waals surface area contributed by atoms with E-state index >= 15 is 0 Å². The zero-order chi connectivity index (χ0) is 15.0. The second-order valence-electron chi connectivity index (χ2n) is 4.63. The molecule has 0 aliphatic rings. The summed E-state index contributed by atoms with van der Waals surface area (Å²) in [6.07, 6.45) is 0.814. The van der Waals surface area contributed by atoms with E-state index in [1.807, 2.05) is 25.1 Å². The summed E-state index contributed by atoms with van der Waals surface area (Å²) in [6.45, 7) is 3.56. The maximum absolute atomic E-state index is 12.4. The first-order valence-corrected chi connectivity index (χ1v) is 6.64. The minimum atomic E-state index is -0.0255. The fourth-order valence-corrected chi connectivity index (χ4v) is 1.85. The van der Waals surface area contributed by atoms with Crippen LogP contribution in [0.5, 0.6) is 0 Å². The lowest BCUT2D eigenvalue weighted by Crippen LogP contribution is -2.29. The van der Waals surface area contributed by atoms with E-state index in [1.54, 1.807) is 19.1 Å². The SMILES string of the molecule is COCCCN(C)C(=O)c1ccc(C)cc1C#CCN. The van der Waals surface area contributed by atoms with Crippen LogP contribution in [0.1, 0.15) is 27.9 Å². The highest BCUT2D eigenvalue weighted by molar-refractivity contribution is 5.96. The Morgan fingerprint density at radius 2 is 2.20 bits per heavy atom. The summed E-state index contributed by atoms with van der Waals surface area (Å²) in [5.74, 6) is 5.75. The Bertz CT molecular complexity index is 515. The summed E-state index contributed by atoms with van der Waals surface area (Å²) in [7, 11) is 3.44. The number of hydrogen-bond donors (Lipinski definition) is 1. The number of aryl methyl sites for hydroxylation is 1. The van der Waals surface area contributed by atoms with Crippen LogP contribution in [0.2, 0.25) is 0 Å². The fraction of sp³-hybridized carbons (Fsp3) is 0.438. The van der Waals surface area contributed by atoms with Gasteiger partial charge in [-0.2, -0.15) is 0 Å². The van der Waals surface area contributed by atoms with Crippen LogP contribution < -0.4 is 5.73 Å². The number of benzene rings is 1. The van der Waals surface area contributed by atoms with Gasteiger partial charge < -0.3 is 15.4 Å². The van der Waals surface area contributed by atoms with Gasteiger partial charge in [-0.25, -0.2) is 0 Å². The predicted molar refractivity (Wildman–Crippen MR) is 80.6 cm³/mol. The topological polar surface area (TPSA) is 55.6 Å². The molecule has 0 radical (unpaired) electrons. The van der Waals surface area contributed by atoms with Crippen molar-refractivity contribution in [1.82, 2.24) is 4.90 Å². The standard InChI is InChI=1S/C16H22N2O2/c1-13-7-8-15(14(12-13)6-4-9-17)16(19)18(2)10-5-11-20-3/h7-8,12H,5,9-11,17H2,1-3H3. The molecule has 0 aliphatic heterocycles. The van der Waals surface area contributed by atoms with Crippen molar-refractivity contribution in [1.29, 1.82) is 0 Å². The highest BCUT2D eigenvalue weighted by Gasteiger charge is 2.14. The lowest BCUT2D eigenvalue weighted by atomic mass is 10.0. The second kappa shape index (κ2) is 8.36. The smallest absolute Gasteiger partial charge is 0.254 e. The van der Waals surface area contributed by atoms with E-state index in [-0.39, 0.29) is 12.5 Å². The normalized spacial score (nSPS) is 9.80. The van der Waals surface area contributed by atoms with Gasteiger partial charge in [0.15, 0.2) is 0 Å². The van der Waals surface area contributed by atoms with E-state index in [0.29, 0.717) is 18.7 Å². The molecule has 0 unspecified atom stereocenters. The monoisotopic (exact) mass is 274 g/mol. The Morgan fingerprint density at radius 1 is 1.45 bits per heavy atom. The molecule has 1 aromatic carbocycles. The molecule has 20 heavy (non-hydrogen) atoms. The molecule has 4 heteroatoms. The van der Waals surface area contributed by atoms with Crippen molar-refractivity contribution in [2.24, 2.45) is 5.73 Å². The first-order chi connectivity index (χ1) is 9.60. The molecule has 2 N–H and O–H groups in total. The maximum Gasteiger partial charge on any atom is 0.254 e. The van der Waals surface area contributed by atoms with E-state index in [4.69, 9.17) is 10.5 Å². The van der Waals surface area contributed by atoms with Gasteiger partial charge in [-0.15, -0.1) is 0 Å². The number of carbonyl (C=O) groups excluding carboxylic acids is 1. The van der Waals surface area contributed by atoms with Gasteiger partial charge in [-0.05, 0) is 31.0 Å². The van der Waals surface area contributed by atoms with Crippen molar-refractivity contribution in [2.45, 2.75) is 13.3 Å². The third kappa shape index (κ3) is 4.69. The molecule has 0 bridgehead atoms. The van der Waals surface area contributed by atoms with Crippen molar-refractivity contribution >= 4 is 5.91 Å². The maximum atomic E-state index is 12.4. The average Bonchev–Trinajstić information content (AvgIpc) is 2.44. The molecule has 0 fully saturated rings. The van der Waals surface area contributed by atoms with E-state index < -0.39 is 0 Å². The van der Waals surface area contributed by atoms with Crippen LogP contribution in [-0.4, -0.2) is 44.7 Å². The molecule has 108 valence electrons. The van der Waals surface area contributed by atoms with E-state index in [2.05, 4.69) is 11.8 Å². The minimum Gasteiger partial charge on any atom is -0.385 e. The quantitative estimate of drug-likeness (QED) is 0.652. The molecule has 4 nitrogen and oxygen atoms in total. The number of amides is 1. The average molecular weight is 274 g/mol. The van der Waals surface area contributed by atoms with E-state index in [0.717, 1.165) is 17.5 Å². The van der Waals surface area contributed by atoms with Gasteiger partial charge >= 0.3 is 0 Å². The molecule has 0 aromatic heterocycles. The van der Waals surface area contributed by atoms with Crippen molar-refractivity contribution < 1.29 is 9.53 Å². The summed E-state index contributed by atoms with van der Waals surface area (Å²) >= 11 is 0. The van der Waals surface area contributed by atoms with E-state index in [1.165, 1.54) is 0 Å². The van der Waals surface area contributed by atoms with Crippen molar-refractivity contribution in [3.63, 3.8) is 0 Å². The van der Waals surface area contributed by atoms with Gasteiger partial charge in [0.25, 0.3) is 5.91 Å². The van der Waals surface area contributed by atoms with Crippen LogP contribution in [0.25, 0.3) is 0 Å². The molecular formula is C16H22N2O2. The number of rotatable bonds is 5. The Balaban J connectivity index is 2.91. The fourth-order valence-electron chi connectivity index (χ4n) is 1.85. The predicted octanol–water partition coefficient (Wildman–Crippen LogP) is 1.41. The Hall–Kier alpha value is -1.83. The van der Waals surface area contributed by atoms with Crippen LogP contribution in [0.15, 0.2) is 18.2 Å². The summed E-state index contributed by atoms with van der Waals surface area (Å²) in [5, 5.41) is 0. The molecule has 0 saturated carbocycles. The molecule has 0 atom stereocenters. The van der Waals surface area contributed by atoms with Crippen LogP contribution in [0.3, 0.4) is 0 Å². The van der Waals surface area contributed by atoms with E-state index in [9.17, 15) is 4.79 Å². The lowest BCUT2D eigenvalue weighted by Gasteiger charge is -2.18. The first kappa shape index (κ1) is 16.2. The van der Waals surface area contributed by atoms with Gasteiger partial charge in [-0.3, -0.25) is 4.79 Å². The first-order valence-electron chi connectivity index (χ1n) is 6.64. The molecule has 1 rings (SSSR count). The number of nitrogens with two attached hydrogens (primary N) is 1. The summed E-state index contributed by atoms with van der Waals surface area (Å²) < 4.78 is 5.00. The Kier molecular flexibility index (Phi) is 6.78. The van der Waals surface area contributed by atoms with Crippen LogP contribution in [0.4, 0.5) is 0 Å². The highest BCUT2D eigenvalue weighted by Crippen LogP contribution is 2.13. The molecule has 0 heterocycles. The molecule has 0 saturated heterocycles. The van der Waals surface area contributed by atoms with Gasteiger partial charge in [0.1, 0.15) is 0 Å². The summed E-state index contributed by atoms with van der Waals surface area (Å²) in [5.41, 5.74) is 7.83. The third-order valence-electron chi connectivity index (χ3n) is 2.92. The number of carbonyl (C=O) groups is 1. The zero-order valence-corrected chi connectivity index (χ0v) is 12.4. The van der Waals surface area contributed by atoms with Crippen molar-refractivity contribution in [2.75, 3.05) is 33.9 Å². The number of hydrogen-bond acceptors (Lipinski definition) is 3. The number of ether oxygens (including phenoxy) is 1. The third-order valence-corrected chi connectivity index (χ3v) is 2.92. The molecule has 1 aromatic rings. The van der Waals surface area contributed by atoms with Crippen LogP contribution >= 0.6 is 0 Å². The summed E-state index contributed by atoms with van der Waals surface area (Å²) in [6, 6.07) is 5.66. The van der Waals surface area contributed by atoms with Gasteiger partial charge in [0.2, 0.25) is 0 Å². The molecule has 0 aliphatic carbocycles. The Labute approximate surface area is 120 Å². The highest BCUT2D eigenvalue weighted by atomic mass is 16.5. The van der Waals surface area contributed by atoms with Gasteiger partial charge in [-0.1, -0.05) is 17.9 Å². The number of methoxy groups -OCH3 is 1. The van der Waals surface area contributed by atoms with Crippen LogP contribution in [0, 0.1) is 18.8 Å². The van der Waals surface area contributed by atoms with Gasteiger partial charge in [0, 0.05) is 32.9 Å². The molecule has 1 amide bonds. The lowest BCUT2D eigenvalue weighted by molar-refractivity contribution is 0.0779. The largest absolute Gasteiger partial charge is 0.385 e. The molecular weight excluding hydrogens is 252 g/mol. The van der Waals surface area contributed by atoms with Crippen molar-refractivity contribution in [3.8, 4) is 11.8 Å². The zero-order valence-electron chi connectivity index (χ0n) is 12.4. The van der Waals surface area contributed by atoms with Crippen molar-refractivity contribution in [3.05, 3.63) is 34.9 Å². The second-order valence-corrected chi connectivity index (χ2v) is 4.63. The molecule has 0 spiro atoms. The Morgan fingerprint density at radius 3 is 2.85 bits per heavy atom. The summed E-state index contributed by atoms with van der Waals surface area (Å²) in [4.78, 5) is 14.1. The number of nitrogens with zero attached hydrogens (tertiary/aromatic N) is 1. The minimum absolute atomic E-state index is 0.0255. The van der Waals surface area contributed by atoms with Gasteiger partial charge in [0.05, 0.1) is 12.1 Å².